The fourth-order valence-electron chi connectivity index (χ4n) is 2.95. The molecule has 1 saturated heterocycles. The van der Waals surface area contributed by atoms with Crippen molar-refractivity contribution in [2.24, 2.45) is 4.99 Å². The number of aryl methyl sites for hydroxylation is 2. The van der Waals surface area contributed by atoms with E-state index in [-0.39, 0.29) is 30.1 Å². The highest BCUT2D eigenvalue weighted by Gasteiger charge is 2.18. The monoisotopic (exact) mass is 516 g/mol. The summed E-state index contributed by atoms with van der Waals surface area (Å²) in [5, 5.41) is 7.76. The van der Waals surface area contributed by atoms with Gasteiger partial charge in [0.05, 0.1) is 24.9 Å². The minimum Gasteiger partial charge on any atom is -0.375 e. The van der Waals surface area contributed by atoms with Gasteiger partial charge >= 0.3 is 0 Å². The molecule has 3 heterocycles. The van der Waals surface area contributed by atoms with E-state index in [1.165, 1.54) is 10.4 Å². The second-order valence-corrected chi connectivity index (χ2v) is 7.97. The summed E-state index contributed by atoms with van der Waals surface area (Å²) in [7, 11) is 1.78. The van der Waals surface area contributed by atoms with Gasteiger partial charge in [-0.25, -0.2) is 9.97 Å². The first kappa shape index (κ1) is 22.8. The average molecular weight is 516 g/mol. The fourth-order valence-corrected chi connectivity index (χ4v) is 3.82. The first-order valence-corrected chi connectivity index (χ1v) is 10.1. The standard InChI is InChI=1S/C19H28N6OS.HI/c1-13-12-25(7-8-26-13)17-9-16(5-6-21-17)10-22-19(20-4)23-11-18-24-14(2)15(3)27-18;/h5-6,9,13H,7-8,10-12H2,1-4H3,(H2,20,22,23);1H. The maximum absolute atomic E-state index is 5.62. The molecular weight excluding hydrogens is 487 g/mol. The van der Waals surface area contributed by atoms with Crippen molar-refractivity contribution in [3.63, 3.8) is 0 Å². The van der Waals surface area contributed by atoms with Gasteiger partial charge in [-0.3, -0.25) is 4.99 Å². The number of pyridine rings is 1. The zero-order valence-electron chi connectivity index (χ0n) is 16.9. The molecule has 0 aliphatic carbocycles. The van der Waals surface area contributed by atoms with Crippen molar-refractivity contribution in [3.05, 3.63) is 39.5 Å². The van der Waals surface area contributed by atoms with Gasteiger partial charge in [0, 0.05) is 37.8 Å². The summed E-state index contributed by atoms with van der Waals surface area (Å²) in [5.41, 5.74) is 2.27. The van der Waals surface area contributed by atoms with E-state index in [1.807, 2.05) is 19.2 Å². The number of hydrogen-bond donors (Lipinski definition) is 2. The maximum atomic E-state index is 5.62. The molecule has 0 spiro atoms. The van der Waals surface area contributed by atoms with Crippen LogP contribution in [0.3, 0.4) is 0 Å². The number of ether oxygens (including phenoxy) is 1. The number of hydrogen-bond acceptors (Lipinski definition) is 6. The topological polar surface area (TPSA) is 74.7 Å². The molecule has 7 nitrogen and oxygen atoms in total. The minimum absolute atomic E-state index is 0. The molecule has 3 rings (SSSR count). The summed E-state index contributed by atoms with van der Waals surface area (Å²) >= 11 is 1.72. The van der Waals surface area contributed by atoms with Crippen LogP contribution < -0.4 is 15.5 Å². The Hall–Kier alpha value is -1.46. The molecule has 1 aliphatic rings. The quantitative estimate of drug-likeness (QED) is 0.362. The van der Waals surface area contributed by atoms with Crippen LogP contribution >= 0.6 is 35.3 Å². The van der Waals surface area contributed by atoms with Crippen LogP contribution in [0.15, 0.2) is 23.3 Å². The van der Waals surface area contributed by atoms with E-state index in [0.717, 1.165) is 42.2 Å². The second-order valence-electron chi connectivity index (χ2n) is 6.68. The zero-order chi connectivity index (χ0) is 19.2. The number of thiazole rings is 1. The molecule has 0 radical (unpaired) electrons. The molecule has 9 heteroatoms. The maximum Gasteiger partial charge on any atom is 0.191 e. The molecule has 2 N–H and O–H groups in total. The normalized spacial score (nSPS) is 17.2. The Balaban J connectivity index is 0.00000280. The third-order valence-electron chi connectivity index (χ3n) is 4.54. The summed E-state index contributed by atoms with van der Waals surface area (Å²) in [6.45, 7) is 10.1. The number of morpholine rings is 1. The predicted octanol–water partition coefficient (Wildman–Crippen LogP) is 2.86. The number of anilines is 1. The lowest BCUT2D eigenvalue weighted by molar-refractivity contribution is 0.0529. The van der Waals surface area contributed by atoms with Gasteiger partial charge in [0.15, 0.2) is 5.96 Å². The van der Waals surface area contributed by atoms with Gasteiger partial charge in [-0.2, -0.15) is 0 Å². The number of nitrogens with zero attached hydrogens (tertiary/aromatic N) is 4. The summed E-state index contributed by atoms with van der Waals surface area (Å²) < 4.78 is 5.62. The molecule has 1 unspecified atom stereocenters. The summed E-state index contributed by atoms with van der Waals surface area (Å²) in [6.07, 6.45) is 2.10. The van der Waals surface area contributed by atoms with Crippen molar-refractivity contribution in [2.45, 2.75) is 40.0 Å². The third-order valence-corrected chi connectivity index (χ3v) is 5.61. The number of rotatable bonds is 5. The number of halogens is 1. The predicted molar refractivity (Wildman–Crippen MR) is 126 cm³/mol. The number of aromatic nitrogens is 2. The number of nitrogens with one attached hydrogen (secondary N) is 2. The van der Waals surface area contributed by atoms with E-state index in [9.17, 15) is 0 Å². The molecule has 154 valence electrons. The third kappa shape index (κ3) is 6.28. The van der Waals surface area contributed by atoms with Gasteiger partial charge in [0.2, 0.25) is 0 Å². The fraction of sp³-hybridized carbons (Fsp3) is 0.526. The van der Waals surface area contributed by atoms with Crippen LogP contribution in [0.5, 0.6) is 0 Å². The summed E-state index contributed by atoms with van der Waals surface area (Å²) in [5.74, 6) is 1.76. The molecule has 1 fully saturated rings. The van der Waals surface area contributed by atoms with Crippen LogP contribution in [0.2, 0.25) is 0 Å². The lowest BCUT2D eigenvalue weighted by Gasteiger charge is -2.32. The number of aliphatic imine (C=N–C) groups is 1. The Morgan fingerprint density at radius 3 is 2.82 bits per heavy atom. The molecule has 2 aromatic heterocycles. The SMILES string of the molecule is CN=C(NCc1ccnc(N2CCOC(C)C2)c1)NCc1nc(C)c(C)s1.I. The highest BCUT2D eigenvalue weighted by Crippen LogP contribution is 2.17. The summed E-state index contributed by atoms with van der Waals surface area (Å²) in [4.78, 5) is 16.9. The molecule has 0 bridgehead atoms. The highest BCUT2D eigenvalue weighted by molar-refractivity contribution is 14.0. The van der Waals surface area contributed by atoms with Crippen molar-refractivity contribution in [1.82, 2.24) is 20.6 Å². The minimum atomic E-state index is 0. The van der Waals surface area contributed by atoms with E-state index < -0.39 is 0 Å². The smallest absolute Gasteiger partial charge is 0.191 e. The average Bonchev–Trinajstić information content (AvgIpc) is 3.00. The lowest BCUT2D eigenvalue weighted by atomic mass is 10.2. The van der Waals surface area contributed by atoms with Crippen molar-refractivity contribution >= 4 is 47.1 Å². The molecular formula is C19H29IN6OS. The molecule has 0 aromatic carbocycles. The molecule has 28 heavy (non-hydrogen) atoms. The van der Waals surface area contributed by atoms with Gasteiger partial charge in [-0.1, -0.05) is 0 Å². The van der Waals surface area contributed by atoms with E-state index in [4.69, 9.17) is 4.74 Å². The van der Waals surface area contributed by atoms with Crippen molar-refractivity contribution in [1.29, 1.82) is 0 Å². The Morgan fingerprint density at radius 2 is 2.14 bits per heavy atom. The van der Waals surface area contributed by atoms with Crippen LogP contribution in [0.25, 0.3) is 0 Å². The Morgan fingerprint density at radius 1 is 1.36 bits per heavy atom. The van der Waals surface area contributed by atoms with Gasteiger partial charge in [0.1, 0.15) is 10.8 Å². The molecule has 0 amide bonds. The Kier molecular flexibility index (Phi) is 8.90. The van der Waals surface area contributed by atoms with Crippen LogP contribution in [-0.4, -0.2) is 48.8 Å². The van der Waals surface area contributed by atoms with Gasteiger partial charge in [-0.05, 0) is 38.5 Å². The first-order valence-electron chi connectivity index (χ1n) is 9.24. The van der Waals surface area contributed by atoms with Crippen LogP contribution in [-0.2, 0) is 17.8 Å². The van der Waals surface area contributed by atoms with E-state index in [2.05, 4.69) is 50.4 Å². The molecule has 1 atom stereocenters. The van der Waals surface area contributed by atoms with Crippen molar-refractivity contribution < 1.29 is 4.74 Å². The van der Waals surface area contributed by atoms with E-state index in [0.29, 0.717) is 13.1 Å². The van der Waals surface area contributed by atoms with E-state index in [1.54, 1.807) is 18.4 Å². The summed E-state index contributed by atoms with van der Waals surface area (Å²) in [6, 6.07) is 4.16. The van der Waals surface area contributed by atoms with Gasteiger partial charge in [0.25, 0.3) is 0 Å². The van der Waals surface area contributed by atoms with Gasteiger partial charge < -0.3 is 20.3 Å². The second kappa shape index (κ2) is 10.9. The zero-order valence-corrected chi connectivity index (χ0v) is 20.0. The molecule has 1 aliphatic heterocycles. The molecule has 2 aromatic rings. The van der Waals surface area contributed by atoms with Gasteiger partial charge in [-0.15, -0.1) is 35.3 Å². The van der Waals surface area contributed by atoms with Crippen LogP contribution in [0.1, 0.15) is 28.1 Å². The Bertz CT molecular complexity index is 777. The number of guanidine groups is 1. The Labute approximate surface area is 188 Å². The lowest BCUT2D eigenvalue weighted by Crippen LogP contribution is -2.41. The van der Waals surface area contributed by atoms with Crippen molar-refractivity contribution in [3.8, 4) is 0 Å². The van der Waals surface area contributed by atoms with E-state index >= 15 is 0 Å². The van der Waals surface area contributed by atoms with Crippen molar-refractivity contribution in [2.75, 3.05) is 31.6 Å². The van der Waals surface area contributed by atoms with Crippen LogP contribution in [0, 0.1) is 13.8 Å². The van der Waals surface area contributed by atoms with Crippen LogP contribution in [0.4, 0.5) is 5.82 Å². The molecule has 0 saturated carbocycles. The highest BCUT2D eigenvalue weighted by atomic mass is 127. The largest absolute Gasteiger partial charge is 0.375 e. The first-order chi connectivity index (χ1) is 13.0.